The van der Waals surface area contributed by atoms with Crippen molar-refractivity contribution >= 4 is 21.9 Å². The maximum atomic E-state index is 13.3. The molecule has 2 aliphatic heterocycles. The third-order valence-corrected chi connectivity index (χ3v) is 7.95. The lowest BCUT2D eigenvalue weighted by Gasteiger charge is -2.30. The van der Waals surface area contributed by atoms with Gasteiger partial charge in [0.1, 0.15) is 12.7 Å². The molecule has 3 atom stereocenters. The molecule has 5 rings (SSSR count). The molecule has 0 bridgehead atoms. The highest BCUT2D eigenvalue weighted by Gasteiger charge is 2.47. The summed E-state index contributed by atoms with van der Waals surface area (Å²) in [7, 11) is 1.64. The summed E-state index contributed by atoms with van der Waals surface area (Å²) in [4.78, 5) is 15.7. The first-order chi connectivity index (χ1) is 17.6. The number of nitrogens with zero attached hydrogens (tertiary/aromatic N) is 1. The largest absolute Gasteiger partial charge is 0.493 e. The molecule has 3 aromatic rings. The molecule has 3 aromatic carbocycles. The molecule has 0 amide bonds. The third-order valence-electron chi connectivity index (χ3n) is 7.23. The Bertz CT molecular complexity index is 1180. The van der Waals surface area contributed by atoms with E-state index in [4.69, 9.17) is 14.2 Å². The first-order valence-electron chi connectivity index (χ1n) is 12.7. The van der Waals surface area contributed by atoms with Gasteiger partial charge in [0.2, 0.25) is 0 Å². The topological polar surface area (TPSA) is 48.0 Å². The smallest absolute Gasteiger partial charge is 0.311 e. The summed E-state index contributed by atoms with van der Waals surface area (Å²) in [5.74, 6) is 0.832. The van der Waals surface area contributed by atoms with Gasteiger partial charge in [0.05, 0.1) is 13.0 Å². The molecule has 0 spiro atoms. The Balaban J connectivity index is 1.43. The van der Waals surface area contributed by atoms with Crippen LogP contribution in [0.2, 0.25) is 0 Å². The number of rotatable bonds is 8. The van der Waals surface area contributed by atoms with Crippen molar-refractivity contribution in [1.29, 1.82) is 0 Å². The number of likely N-dealkylation sites (tertiary alicyclic amines) is 1. The van der Waals surface area contributed by atoms with Gasteiger partial charge in [-0.2, -0.15) is 0 Å². The minimum absolute atomic E-state index is 0.101. The number of cyclic esters (lactones) is 1. The molecule has 36 heavy (non-hydrogen) atoms. The van der Waals surface area contributed by atoms with Crippen molar-refractivity contribution in [3.05, 3.63) is 94.0 Å². The molecule has 0 radical (unpaired) electrons. The third kappa shape index (κ3) is 5.45. The lowest BCUT2D eigenvalue weighted by molar-refractivity contribution is -0.145. The molecule has 2 aliphatic rings. The fourth-order valence-corrected chi connectivity index (χ4v) is 5.92. The highest BCUT2D eigenvalue weighted by molar-refractivity contribution is 9.10. The Morgan fingerprint density at radius 3 is 2.44 bits per heavy atom. The van der Waals surface area contributed by atoms with Gasteiger partial charge in [-0.1, -0.05) is 76.9 Å². The number of methoxy groups -OCH3 is 1. The Morgan fingerprint density at radius 1 is 0.944 bits per heavy atom. The molecular weight excluding hydrogens is 518 g/mol. The molecule has 2 fully saturated rings. The van der Waals surface area contributed by atoms with Crippen molar-refractivity contribution in [3.63, 3.8) is 0 Å². The summed E-state index contributed by atoms with van der Waals surface area (Å²) < 4.78 is 18.9. The highest BCUT2D eigenvalue weighted by atomic mass is 79.9. The van der Waals surface area contributed by atoms with Crippen LogP contribution in [-0.2, 0) is 16.1 Å². The van der Waals surface area contributed by atoms with Crippen LogP contribution in [0.4, 0.5) is 0 Å². The van der Waals surface area contributed by atoms with Gasteiger partial charge in [0, 0.05) is 16.9 Å². The number of ether oxygens (including phenoxy) is 3. The van der Waals surface area contributed by atoms with Gasteiger partial charge >= 0.3 is 5.97 Å². The minimum atomic E-state index is -0.400. The zero-order valence-electron chi connectivity index (χ0n) is 20.6. The van der Waals surface area contributed by atoms with Gasteiger partial charge in [-0.3, -0.25) is 4.79 Å². The second-order valence-electron chi connectivity index (χ2n) is 9.56. The van der Waals surface area contributed by atoms with Crippen LogP contribution in [0.3, 0.4) is 0 Å². The normalized spacial score (nSPS) is 22.3. The van der Waals surface area contributed by atoms with E-state index in [9.17, 15) is 4.79 Å². The summed E-state index contributed by atoms with van der Waals surface area (Å²) in [6.07, 6.45) is 3.24. The molecule has 6 heteroatoms. The fraction of sp³-hybridized carbons (Fsp3) is 0.367. The minimum Gasteiger partial charge on any atom is -0.493 e. The number of esters is 1. The predicted molar refractivity (Wildman–Crippen MR) is 143 cm³/mol. The molecule has 0 N–H and O–H groups in total. The zero-order valence-corrected chi connectivity index (χ0v) is 22.2. The molecule has 0 saturated carbocycles. The Morgan fingerprint density at radius 2 is 1.69 bits per heavy atom. The zero-order chi connectivity index (χ0) is 24.9. The number of piperidine rings is 1. The van der Waals surface area contributed by atoms with E-state index < -0.39 is 6.10 Å². The van der Waals surface area contributed by atoms with Crippen LogP contribution in [0.25, 0.3) is 0 Å². The SMILES string of the molecule is COc1cc([C@H]2OC(=O)[C@H](CN3CCCCC3)[C@H]2c2ccccc2Br)ccc1OCc1ccccc1. The molecule has 5 nitrogen and oxygen atoms in total. The number of hydrogen-bond acceptors (Lipinski definition) is 5. The van der Waals surface area contributed by atoms with Crippen molar-refractivity contribution in [2.45, 2.75) is 37.9 Å². The maximum Gasteiger partial charge on any atom is 0.311 e. The number of carbonyl (C=O) groups is 1. The first kappa shape index (κ1) is 24.8. The van der Waals surface area contributed by atoms with E-state index in [-0.39, 0.29) is 17.8 Å². The predicted octanol–water partition coefficient (Wildman–Crippen LogP) is 6.52. The van der Waals surface area contributed by atoms with Crippen LogP contribution in [0.15, 0.2) is 77.3 Å². The molecule has 2 heterocycles. The fourth-order valence-electron chi connectivity index (χ4n) is 5.37. The Labute approximate surface area is 221 Å². The van der Waals surface area contributed by atoms with Crippen LogP contribution in [0.1, 0.15) is 48.0 Å². The molecule has 2 saturated heterocycles. The van der Waals surface area contributed by atoms with Gasteiger partial charge in [-0.25, -0.2) is 0 Å². The maximum absolute atomic E-state index is 13.3. The van der Waals surface area contributed by atoms with Crippen molar-refractivity contribution in [3.8, 4) is 11.5 Å². The average Bonchev–Trinajstić information content (AvgIpc) is 3.24. The summed E-state index contributed by atoms with van der Waals surface area (Å²) >= 11 is 3.74. The monoisotopic (exact) mass is 549 g/mol. The van der Waals surface area contributed by atoms with Crippen LogP contribution in [-0.4, -0.2) is 37.6 Å². The van der Waals surface area contributed by atoms with E-state index in [0.29, 0.717) is 18.1 Å². The molecule has 0 unspecified atom stereocenters. The quantitative estimate of drug-likeness (QED) is 0.299. The number of benzene rings is 3. The second-order valence-corrected chi connectivity index (χ2v) is 10.4. The lowest BCUT2D eigenvalue weighted by atomic mass is 9.81. The van der Waals surface area contributed by atoms with Gasteiger partial charge in [0.25, 0.3) is 0 Å². The van der Waals surface area contributed by atoms with Crippen LogP contribution >= 0.6 is 15.9 Å². The number of halogens is 1. The molecular formula is C30H32BrNO4. The number of carbonyl (C=O) groups excluding carboxylic acids is 1. The molecule has 188 valence electrons. The van der Waals surface area contributed by atoms with Crippen molar-refractivity contribution in [2.24, 2.45) is 5.92 Å². The number of hydrogen-bond donors (Lipinski definition) is 0. The van der Waals surface area contributed by atoms with Crippen LogP contribution in [0.5, 0.6) is 11.5 Å². The second kappa shape index (κ2) is 11.5. The van der Waals surface area contributed by atoms with E-state index in [1.165, 1.54) is 19.3 Å². The van der Waals surface area contributed by atoms with E-state index >= 15 is 0 Å². The standard InChI is InChI=1S/C30H32BrNO4/c1-34-27-18-22(14-15-26(27)35-20-21-10-4-2-5-11-21)29-28(23-12-6-7-13-25(23)31)24(30(33)36-29)19-32-16-8-3-9-17-32/h2,4-7,10-15,18,24,28-29H,3,8-9,16-17,19-20H2,1H3/t24-,28-,29-/m1/s1. The van der Waals surface area contributed by atoms with E-state index in [0.717, 1.165) is 40.8 Å². The Hall–Kier alpha value is -2.83. The van der Waals surface area contributed by atoms with E-state index in [2.05, 4.69) is 26.9 Å². The van der Waals surface area contributed by atoms with E-state index in [1.54, 1.807) is 7.11 Å². The Kier molecular flexibility index (Phi) is 7.93. The van der Waals surface area contributed by atoms with E-state index in [1.807, 2.05) is 66.7 Å². The van der Waals surface area contributed by atoms with Gasteiger partial charge < -0.3 is 19.1 Å². The molecule has 0 aliphatic carbocycles. The summed E-state index contributed by atoms with van der Waals surface area (Å²) in [6.45, 7) is 3.25. The van der Waals surface area contributed by atoms with Gasteiger partial charge in [0.15, 0.2) is 11.5 Å². The summed E-state index contributed by atoms with van der Waals surface area (Å²) in [5, 5.41) is 0. The lowest BCUT2D eigenvalue weighted by Crippen LogP contribution is -2.37. The van der Waals surface area contributed by atoms with Gasteiger partial charge in [-0.15, -0.1) is 0 Å². The highest BCUT2D eigenvalue weighted by Crippen LogP contribution is 2.49. The van der Waals surface area contributed by atoms with Crippen molar-refractivity contribution in [2.75, 3.05) is 26.7 Å². The van der Waals surface area contributed by atoms with Gasteiger partial charge in [-0.05, 0) is 60.8 Å². The van der Waals surface area contributed by atoms with Crippen molar-refractivity contribution in [1.82, 2.24) is 4.90 Å². The van der Waals surface area contributed by atoms with Crippen LogP contribution in [0, 0.1) is 5.92 Å². The molecule has 0 aromatic heterocycles. The summed E-state index contributed by atoms with van der Waals surface area (Å²) in [6, 6.07) is 24.1. The average molecular weight is 550 g/mol. The van der Waals surface area contributed by atoms with Crippen LogP contribution < -0.4 is 9.47 Å². The first-order valence-corrected chi connectivity index (χ1v) is 13.5. The van der Waals surface area contributed by atoms with Crippen molar-refractivity contribution < 1.29 is 19.0 Å². The summed E-state index contributed by atoms with van der Waals surface area (Å²) in [5.41, 5.74) is 3.09.